The van der Waals surface area contributed by atoms with Crippen molar-refractivity contribution in [2.75, 3.05) is 6.54 Å². The molecule has 0 aliphatic rings. The molecule has 2 N–H and O–H groups in total. The van der Waals surface area contributed by atoms with Crippen molar-refractivity contribution in [3.63, 3.8) is 0 Å². The molecule has 0 unspecified atom stereocenters. The lowest BCUT2D eigenvalue weighted by Gasteiger charge is -2.09. The third-order valence-electron chi connectivity index (χ3n) is 1.76. The summed E-state index contributed by atoms with van der Waals surface area (Å²) in [5, 5.41) is 10.9. The minimum Gasteiger partial charge on any atom is -0.363 e. The third kappa shape index (κ3) is 2.95. The fourth-order valence-corrected chi connectivity index (χ4v) is 1.73. The van der Waals surface area contributed by atoms with Gasteiger partial charge < -0.3 is 10.6 Å². The van der Waals surface area contributed by atoms with E-state index >= 15 is 0 Å². The lowest BCUT2D eigenvalue weighted by Crippen LogP contribution is -2.34. The molecular formula is C8H13BrN4S. The molecule has 6 heteroatoms. The first-order chi connectivity index (χ1) is 6.65. The van der Waals surface area contributed by atoms with Gasteiger partial charge in [0.25, 0.3) is 0 Å². The van der Waals surface area contributed by atoms with Crippen LogP contribution in [0.4, 0.5) is 0 Å². The van der Waals surface area contributed by atoms with E-state index in [2.05, 4.69) is 31.7 Å². The largest absolute Gasteiger partial charge is 0.363 e. The van der Waals surface area contributed by atoms with E-state index in [4.69, 9.17) is 12.2 Å². The van der Waals surface area contributed by atoms with E-state index in [1.165, 1.54) is 0 Å². The zero-order valence-corrected chi connectivity index (χ0v) is 10.6. The van der Waals surface area contributed by atoms with Gasteiger partial charge in [0.1, 0.15) is 0 Å². The smallest absolute Gasteiger partial charge is 0.166 e. The topological polar surface area (TPSA) is 41.9 Å². The Kier molecular flexibility index (Phi) is 4.34. The average Bonchev–Trinajstić information content (AvgIpc) is 2.44. The molecule has 0 aliphatic heterocycles. The molecule has 0 bridgehead atoms. The van der Waals surface area contributed by atoms with Crippen LogP contribution in [0.5, 0.6) is 0 Å². The maximum Gasteiger partial charge on any atom is 0.166 e. The summed E-state index contributed by atoms with van der Waals surface area (Å²) in [7, 11) is 1.90. The molecule has 4 nitrogen and oxygen atoms in total. The van der Waals surface area contributed by atoms with Crippen LogP contribution in [0.15, 0.2) is 10.7 Å². The lowest BCUT2D eigenvalue weighted by molar-refractivity contribution is 0.688. The molecule has 1 aromatic rings. The van der Waals surface area contributed by atoms with Crippen molar-refractivity contribution in [2.45, 2.75) is 13.5 Å². The van der Waals surface area contributed by atoms with Crippen molar-refractivity contribution in [3.8, 4) is 0 Å². The van der Waals surface area contributed by atoms with Gasteiger partial charge in [-0.3, -0.25) is 4.68 Å². The minimum absolute atomic E-state index is 0.667. The van der Waals surface area contributed by atoms with Crippen molar-refractivity contribution in [3.05, 3.63) is 16.4 Å². The van der Waals surface area contributed by atoms with Gasteiger partial charge in [0.2, 0.25) is 0 Å². The highest BCUT2D eigenvalue weighted by atomic mass is 79.9. The Balaban J connectivity index is 2.49. The van der Waals surface area contributed by atoms with E-state index in [9.17, 15) is 0 Å². The molecule has 78 valence electrons. The number of nitrogens with one attached hydrogen (secondary N) is 2. The van der Waals surface area contributed by atoms with Crippen molar-refractivity contribution >= 4 is 33.3 Å². The van der Waals surface area contributed by atoms with Crippen molar-refractivity contribution in [2.24, 2.45) is 7.05 Å². The molecule has 1 aromatic heterocycles. The van der Waals surface area contributed by atoms with Crippen molar-refractivity contribution in [1.29, 1.82) is 0 Å². The van der Waals surface area contributed by atoms with E-state index in [1.807, 2.05) is 18.7 Å². The summed E-state index contributed by atoms with van der Waals surface area (Å²) in [4.78, 5) is 0. The van der Waals surface area contributed by atoms with Crippen LogP contribution >= 0.6 is 28.1 Å². The second-order valence-electron chi connectivity index (χ2n) is 2.78. The Morgan fingerprint density at radius 3 is 2.86 bits per heavy atom. The number of hydrogen-bond acceptors (Lipinski definition) is 2. The van der Waals surface area contributed by atoms with Crippen LogP contribution < -0.4 is 10.6 Å². The number of aryl methyl sites for hydroxylation is 1. The predicted octanol–water partition coefficient (Wildman–Crippen LogP) is 1.17. The van der Waals surface area contributed by atoms with E-state index < -0.39 is 0 Å². The quantitative estimate of drug-likeness (QED) is 0.814. The molecule has 0 radical (unpaired) electrons. The molecule has 0 saturated carbocycles. The molecule has 0 amide bonds. The number of halogens is 1. The van der Waals surface area contributed by atoms with Crippen molar-refractivity contribution < 1.29 is 0 Å². The Hall–Kier alpha value is -0.620. The highest BCUT2D eigenvalue weighted by molar-refractivity contribution is 9.10. The van der Waals surface area contributed by atoms with Gasteiger partial charge in [0.05, 0.1) is 22.9 Å². The van der Waals surface area contributed by atoms with Gasteiger partial charge in [-0.2, -0.15) is 5.10 Å². The second-order valence-corrected chi connectivity index (χ2v) is 4.04. The van der Waals surface area contributed by atoms with Gasteiger partial charge in [0.15, 0.2) is 5.11 Å². The molecule has 0 atom stereocenters. The van der Waals surface area contributed by atoms with Gasteiger partial charge in [-0.15, -0.1) is 0 Å². The van der Waals surface area contributed by atoms with E-state index in [0.29, 0.717) is 11.7 Å². The molecule has 0 fully saturated rings. The first kappa shape index (κ1) is 11.5. The summed E-state index contributed by atoms with van der Waals surface area (Å²) in [5.41, 5.74) is 1.07. The molecule has 0 spiro atoms. The Morgan fingerprint density at radius 2 is 2.36 bits per heavy atom. The van der Waals surface area contributed by atoms with Gasteiger partial charge in [-0.1, -0.05) is 0 Å². The second kappa shape index (κ2) is 5.31. The van der Waals surface area contributed by atoms with E-state index in [1.54, 1.807) is 6.20 Å². The lowest BCUT2D eigenvalue weighted by atomic mass is 10.4. The van der Waals surface area contributed by atoms with Crippen LogP contribution in [-0.2, 0) is 13.6 Å². The number of hydrogen-bond donors (Lipinski definition) is 2. The van der Waals surface area contributed by atoms with Gasteiger partial charge in [-0.05, 0) is 35.1 Å². The molecule has 0 aliphatic carbocycles. The minimum atomic E-state index is 0.667. The van der Waals surface area contributed by atoms with Crippen LogP contribution in [-0.4, -0.2) is 21.4 Å². The summed E-state index contributed by atoms with van der Waals surface area (Å²) in [5.74, 6) is 0. The summed E-state index contributed by atoms with van der Waals surface area (Å²) in [6.07, 6.45) is 1.77. The number of rotatable bonds is 3. The summed E-state index contributed by atoms with van der Waals surface area (Å²) < 4.78 is 2.80. The Morgan fingerprint density at radius 1 is 1.64 bits per heavy atom. The van der Waals surface area contributed by atoms with Gasteiger partial charge in [0, 0.05) is 13.6 Å². The molecule has 14 heavy (non-hydrogen) atoms. The van der Waals surface area contributed by atoms with Crippen LogP contribution in [0.25, 0.3) is 0 Å². The average molecular weight is 277 g/mol. The van der Waals surface area contributed by atoms with Crippen LogP contribution in [0.2, 0.25) is 0 Å². The van der Waals surface area contributed by atoms with E-state index in [-0.39, 0.29) is 0 Å². The first-order valence-electron chi connectivity index (χ1n) is 4.33. The maximum atomic E-state index is 5.05. The summed E-state index contributed by atoms with van der Waals surface area (Å²) in [6.45, 7) is 3.51. The molecule has 1 rings (SSSR count). The van der Waals surface area contributed by atoms with Gasteiger partial charge >= 0.3 is 0 Å². The Labute approximate surface area is 97.2 Å². The summed E-state index contributed by atoms with van der Waals surface area (Å²) >= 11 is 8.46. The fraction of sp³-hybridized carbons (Fsp3) is 0.500. The zero-order valence-electron chi connectivity index (χ0n) is 8.17. The SMILES string of the molecule is CCNC(=S)NCc1c(Br)cnn1C. The summed E-state index contributed by atoms with van der Waals surface area (Å²) in [6, 6.07) is 0. The van der Waals surface area contributed by atoms with Crippen LogP contribution in [0.3, 0.4) is 0 Å². The standard InChI is InChI=1S/C8H13BrN4S/c1-3-10-8(14)11-5-7-6(9)4-12-13(7)2/h4H,3,5H2,1-2H3,(H2,10,11,14). The van der Waals surface area contributed by atoms with Crippen molar-refractivity contribution in [1.82, 2.24) is 20.4 Å². The monoisotopic (exact) mass is 276 g/mol. The molecule has 0 saturated heterocycles. The third-order valence-corrected chi connectivity index (χ3v) is 2.72. The van der Waals surface area contributed by atoms with E-state index in [0.717, 1.165) is 16.7 Å². The highest BCUT2D eigenvalue weighted by Gasteiger charge is 2.05. The van der Waals surface area contributed by atoms with Gasteiger partial charge in [-0.25, -0.2) is 0 Å². The molecule has 0 aromatic carbocycles. The zero-order chi connectivity index (χ0) is 10.6. The molecule has 1 heterocycles. The first-order valence-corrected chi connectivity index (χ1v) is 5.53. The maximum absolute atomic E-state index is 5.05. The Bertz CT molecular complexity index is 304. The highest BCUT2D eigenvalue weighted by Crippen LogP contribution is 2.14. The fourth-order valence-electron chi connectivity index (χ4n) is 1.02. The number of nitrogens with zero attached hydrogens (tertiary/aromatic N) is 2. The number of aromatic nitrogens is 2. The normalized spacial score (nSPS) is 9.93. The predicted molar refractivity (Wildman–Crippen MR) is 64.0 cm³/mol. The number of thiocarbonyl (C=S) groups is 1. The molecular weight excluding hydrogens is 264 g/mol. The van der Waals surface area contributed by atoms with Crippen LogP contribution in [0.1, 0.15) is 12.6 Å². The van der Waals surface area contributed by atoms with Crippen LogP contribution in [0, 0.1) is 0 Å².